The molecule has 13 heteroatoms. The summed E-state index contributed by atoms with van der Waals surface area (Å²) < 4.78 is 39.7. The molecule has 2 N–H and O–H groups in total. The Labute approximate surface area is 383 Å². The van der Waals surface area contributed by atoms with Gasteiger partial charge in [-0.25, -0.2) is 4.79 Å². The van der Waals surface area contributed by atoms with Crippen LogP contribution in [0.25, 0.3) is 0 Å². The molecule has 0 amide bonds. The van der Waals surface area contributed by atoms with Gasteiger partial charge >= 0.3 is 5.97 Å². The first-order valence-electron chi connectivity index (χ1n) is 22.4. The van der Waals surface area contributed by atoms with E-state index in [-0.39, 0.29) is 43.0 Å². The minimum absolute atomic E-state index is 0.0266. The summed E-state index contributed by atoms with van der Waals surface area (Å²) in [5.74, 6) is 3.36. The Morgan fingerprint density at radius 1 is 0.877 bits per heavy atom. The number of rotatable bonds is 7. The number of nitrogens with zero attached hydrogens (tertiary/aromatic N) is 3. The molecule has 7 heterocycles. The second kappa shape index (κ2) is 16.2. The molecule has 65 heavy (non-hydrogen) atoms. The first-order chi connectivity index (χ1) is 31.6. The van der Waals surface area contributed by atoms with Crippen molar-refractivity contribution >= 4 is 17.7 Å². The van der Waals surface area contributed by atoms with Gasteiger partial charge in [0.15, 0.2) is 28.5 Å². The molecule has 5 aromatic rings. The van der Waals surface area contributed by atoms with Crippen LogP contribution in [0.3, 0.4) is 0 Å². The van der Waals surface area contributed by atoms with E-state index in [9.17, 15) is 10.4 Å². The van der Waals surface area contributed by atoms with Crippen LogP contribution in [-0.4, -0.2) is 78.9 Å². The molecule has 7 aliphatic heterocycles. The topological polar surface area (TPSA) is 135 Å². The Morgan fingerprint density at radius 3 is 2.29 bits per heavy atom. The molecule has 2 fully saturated rings. The molecule has 334 valence electrons. The van der Waals surface area contributed by atoms with Gasteiger partial charge in [0.1, 0.15) is 37.4 Å². The van der Waals surface area contributed by atoms with Gasteiger partial charge < -0.3 is 33.5 Å². The maximum atomic E-state index is 15.1. The third kappa shape index (κ3) is 6.47. The molecular weight excluding hydrogens is 841 g/mol. The van der Waals surface area contributed by atoms with Crippen molar-refractivity contribution in [3.8, 4) is 40.6 Å². The number of carbonyl (C=O) groups excluding carboxylic acids is 1. The number of nitrogens with one attached hydrogen (secondary N) is 1. The number of thioether (sulfide) groups is 1. The molecule has 12 nitrogen and oxygen atoms in total. The largest absolute Gasteiger partial charge is 0.508 e. The van der Waals surface area contributed by atoms with Crippen LogP contribution < -0.4 is 29.0 Å². The predicted octanol–water partition coefficient (Wildman–Crippen LogP) is 7.81. The Bertz CT molecular complexity index is 2760. The minimum Gasteiger partial charge on any atom is -0.508 e. The molecule has 0 aromatic heterocycles. The van der Waals surface area contributed by atoms with E-state index in [0.717, 1.165) is 55.6 Å². The SMILES string of the molecule is COc1c(C)cc2c(c1OCc1ccccc1)[C@@H]1C3[C@@H]4SC[C@]5(NCCc6cc(O)c(C)cc65)C(=O)OC[C@@H](c5c6c(c(C)c(OCc7ccccc7)c54)OCO6)N3[C@@H](C#N)[C@@H](C2)N1C. The maximum absolute atomic E-state index is 15.1. The van der Waals surface area contributed by atoms with Crippen LogP contribution in [-0.2, 0) is 41.1 Å². The zero-order chi connectivity index (χ0) is 44.7. The number of benzene rings is 5. The summed E-state index contributed by atoms with van der Waals surface area (Å²) >= 11 is 1.67. The third-order valence-corrected chi connectivity index (χ3v) is 16.1. The highest BCUT2D eigenvalue weighted by Crippen LogP contribution is 2.65. The van der Waals surface area contributed by atoms with Crippen LogP contribution in [0.2, 0.25) is 0 Å². The summed E-state index contributed by atoms with van der Waals surface area (Å²) in [4.78, 5) is 19.8. The Morgan fingerprint density at radius 2 is 1.58 bits per heavy atom. The zero-order valence-corrected chi connectivity index (χ0v) is 38.0. The van der Waals surface area contributed by atoms with Crippen LogP contribution in [0.4, 0.5) is 0 Å². The Balaban J connectivity index is 1.16. The highest BCUT2D eigenvalue weighted by atomic mass is 32.2. The smallest absolute Gasteiger partial charge is 0.331 e. The highest BCUT2D eigenvalue weighted by Gasteiger charge is 2.62. The number of hydrogen-bond donors (Lipinski definition) is 2. The van der Waals surface area contributed by atoms with Crippen molar-refractivity contribution in [3.05, 3.63) is 140 Å². The van der Waals surface area contributed by atoms with Crippen LogP contribution in [0.15, 0.2) is 78.9 Å². The lowest BCUT2D eigenvalue weighted by Gasteiger charge is -2.62. The summed E-state index contributed by atoms with van der Waals surface area (Å²) in [6.45, 7) is 7.08. The molecule has 0 saturated carbocycles. The number of piperazine rings is 1. The molecule has 4 bridgehead atoms. The zero-order valence-electron chi connectivity index (χ0n) is 37.2. The number of aryl methyl sites for hydroxylation is 2. The van der Waals surface area contributed by atoms with Crippen molar-refractivity contribution in [1.29, 1.82) is 5.26 Å². The fraction of sp³-hybridized carbons (Fsp3) is 0.385. The van der Waals surface area contributed by atoms with Crippen LogP contribution in [0.5, 0.6) is 34.5 Å². The van der Waals surface area contributed by atoms with Crippen molar-refractivity contribution < 1.29 is 38.3 Å². The molecule has 0 radical (unpaired) electrons. The van der Waals surface area contributed by atoms with E-state index in [0.29, 0.717) is 66.9 Å². The van der Waals surface area contributed by atoms with Gasteiger partial charge in [-0.1, -0.05) is 66.7 Å². The Hall–Kier alpha value is -5.91. The van der Waals surface area contributed by atoms with Crippen LogP contribution >= 0.6 is 11.8 Å². The van der Waals surface area contributed by atoms with E-state index in [1.807, 2.05) is 56.3 Å². The predicted molar refractivity (Wildman–Crippen MR) is 245 cm³/mol. The number of ether oxygens (including phenoxy) is 6. The van der Waals surface area contributed by atoms with E-state index in [1.165, 1.54) is 0 Å². The summed E-state index contributed by atoms with van der Waals surface area (Å²) in [5, 5.41) is 25.6. The second-order valence-electron chi connectivity index (χ2n) is 18.1. The maximum Gasteiger partial charge on any atom is 0.331 e. The number of aromatic hydroxyl groups is 1. The molecule has 5 aromatic carbocycles. The lowest BCUT2D eigenvalue weighted by atomic mass is 9.71. The molecule has 7 aliphatic rings. The fourth-order valence-corrected chi connectivity index (χ4v) is 13.3. The third-order valence-electron chi connectivity index (χ3n) is 14.6. The lowest BCUT2D eigenvalue weighted by molar-refractivity contribution is -0.157. The molecule has 7 atom stereocenters. The summed E-state index contributed by atoms with van der Waals surface area (Å²) in [6.07, 6.45) is 1.25. The quantitative estimate of drug-likeness (QED) is 0.154. The average Bonchev–Trinajstić information content (AvgIpc) is 3.81. The molecule has 2 saturated heterocycles. The van der Waals surface area contributed by atoms with Crippen molar-refractivity contribution in [2.75, 3.05) is 39.9 Å². The van der Waals surface area contributed by atoms with Gasteiger partial charge in [-0.3, -0.25) is 15.1 Å². The first-order valence-corrected chi connectivity index (χ1v) is 23.4. The molecule has 1 unspecified atom stereocenters. The molecule has 1 spiro atoms. The van der Waals surface area contributed by atoms with Crippen LogP contribution in [0, 0.1) is 32.1 Å². The van der Waals surface area contributed by atoms with Gasteiger partial charge in [0.25, 0.3) is 0 Å². The van der Waals surface area contributed by atoms with E-state index < -0.39 is 28.8 Å². The number of fused-ring (bicyclic) bond motifs is 9. The number of esters is 1. The van der Waals surface area contributed by atoms with Crippen molar-refractivity contribution in [2.45, 2.75) is 87.8 Å². The number of methoxy groups -OCH3 is 1. The minimum atomic E-state index is -1.23. The normalized spacial score (nSPS) is 26.2. The van der Waals surface area contributed by atoms with Crippen LogP contribution in [0.1, 0.15) is 78.5 Å². The van der Waals surface area contributed by atoms with Gasteiger partial charge in [-0.05, 0) is 91.7 Å². The number of carbonyl (C=O) groups is 1. The van der Waals surface area contributed by atoms with Crippen molar-refractivity contribution in [1.82, 2.24) is 15.1 Å². The number of hydrogen-bond acceptors (Lipinski definition) is 13. The van der Waals surface area contributed by atoms with Gasteiger partial charge in [-0.2, -0.15) is 5.26 Å². The monoisotopic (exact) mass is 892 g/mol. The number of likely N-dealkylation sites (N-methyl/N-ethyl adjacent to an activating group) is 1. The molecule has 0 aliphatic carbocycles. The standard InChI is InChI=1S/C52H52N4O8S/c1-28-19-35-33(21-39(28)57)16-17-54-52(35)26-65-50-42-41(49-47(63-27-64-49)30(3)46(42)60-23-31-12-8-6-9-13-31)38(25-62-51(52)58)56-37(22-53)36-20-34-18-29(2)45(59-5)48(40(34)43(44(50)56)55(36)4)61-24-32-14-10-7-11-15-32/h6-15,18-19,21,36-38,43-44,50,54,57H,16-17,20,23-27H2,1-5H3/t36-,37+,38+,43-,44?,50-,52-/m1/s1. The fourth-order valence-electron chi connectivity index (χ4n) is 11.6. The average molecular weight is 893 g/mol. The first kappa shape index (κ1) is 41.8. The van der Waals surface area contributed by atoms with E-state index >= 15 is 4.79 Å². The van der Waals surface area contributed by atoms with E-state index in [2.05, 4.69) is 65.5 Å². The van der Waals surface area contributed by atoms with Gasteiger partial charge in [0.05, 0.1) is 30.5 Å². The second-order valence-corrected chi connectivity index (χ2v) is 19.3. The molecular formula is C52H52N4O8S. The summed E-state index contributed by atoms with van der Waals surface area (Å²) in [6, 6.07) is 26.9. The summed E-state index contributed by atoms with van der Waals surface area (Å²) in [5.41, 5.74) is 8.94. The van der Waals surface area contributed by atoms with Gasteiger partial charge in [0, 0.05) is 46.6 Å². The van der Waals surface area contributed by atoms with E-state index in [4.69, 9.17) is 28.4 Å². The van der Waals surface area contributed by atoms with Crippen molar-refractivity contribution in [2.24, 2.45) is 0 Å². The van der Waals surface area contributed by atoms with Gasteiger partial charge in [-0.15, -0.1) is 11.8 Å². The summed E-state index contributed by atoms with van der Waals surface area (Å²) in [7, 11) is 3.83. The lowest BCUT2D eigenvalue weighted by Crippen LogP contribution is -2.69. The number of phenols is 1. The van der Waals surface area contributed by atoms with E-state index in [1.54, 1.807) is 24.9 Å². The number of nitriles is 1. The van der Waals surface area contributed by atoms with Crippen molar-refractivity contribution in [3.63, 3.8) is 0 Å². The molecule has 12 rings (SSSR count). The Kier molecular flexibility index (Phi) is 10.4. The number of phenolic OH excluding ortho intramolecular Hbond substituents is 1. The van der Waals surface area contributed by atoms with Gasteiger partial charge in [0.2, 0.25) is 6.79 Å². The highest BCUT2D eigenvalue weighted by molar-refractivity contribution is 7.99.